The topological polar surface area (TPSA) is 97.4 Å². The number of ether oxygens (including phenoxy) is 1. The minimum atomic E-state index is -3.74. The Bertz CT molecular complexity index is 1090. The summed E-state index contributed by atoms with van der Waals surface area (Å²) in [6.45, 7) is 0.182. The number of aromatic nitrogens is 1. The summed E-state index contributed by atoms with van der Waals surface area (Å²) in [6, 6.07) is 18.7. The molecule has 0 fully saturated rings. The number of nitrogens with one attached hydrogen (secondary N) is 2. The van der Waals surface area contributed by atoms with Crippen LogP contribution in [0.15, 0.2) is 77.8 Å². The van der Waals surface area contributed by atoms with Crippen LogP contribution in [0.1, 0.15) is 11.3 Å². The number of halogens is 1. The second-order valence-electron chi connectivity index (χ2n) is 6.29. The average Bonchev–Trinajstić information content (AvgIpc) is 2.77. The second-order valence-corrected chi connectivity index (χ2v) is 8.46. The van der Waals surface area contributed by atoms with Crippen molar-refractivity contribution < 1.29 is 17.9 Å². The standard InChI is InChI=1S/C21H20ClN3O4S/c22-19-12-18(30(27,28)25-13-16-6-2-1-3-7-16)9-10-20(19)29-15-21(26)24-14-17-8-4-5-11-23-17/h1-12,25H,13-15H2,(H,24,26). The fourth-order valence-corrected chi connectivity index (χ4v) is 3.85. The molecule has 0 aliphatic rings. The van der Waals surface area contributed by atoms with Crippen molar-refractivity contribution in [2.45, 2.75) is 18.0 Å². The lowest BCUT2D eigenvalue weighted by Crippen LogP contribution is -2.28. The van der Waals surface area contributed by atoms with Gasteiger partial charge < -0.3 is 10.1 Å². The first-order valence-corrected chi connectivity index (χ1v) is 10.9. The molecular weight excluding hydrogens is 426 g/mol. The molecule has 0 aliphatic heterocycles. The molecule has 156 valence electrons. The first-order valence-electron chi connectivity index (χ1n) is 9.06. The molecule has 0 atom stereocenters. The van der Waals surface area contributed by atoms with E-state index in [-0.39, 0.29) is 41.3 Å². The van der Waals surface area contributed by atoms with Crippen molar-refractivity contribution in [1.29, 1.82) is 0 Å². The molecule has 1 amide bonds. The van der Waals surface area contributed by atoms with E-state index in [1.54, 1.807) is 18.3 Å². The van der Waals surface area contributed by atoms with Crippen LogP contribution in [0.5, 0.6) is 5.75 Å². The van der Waals surface area contributed by atoms with Crippen LogP contribution in [0.4, 0.5) is 0 Å². The Balaban J connectivity index is 1.54. The molecule has 0 saturated carbocycles. The molecule has 0 spiro atoms. The summed E-state index contributed by atoms with van der Waals surface area (Å²) >= 11 is 6.15. The summed E-state index contributed by atoms with van der Waals surface area (Å²) in [5.41, 5.74) is 1.56. The quantitative estimate of drug-likeness (QED) is 0.527. The summed E-state index contributed by atoms with van der Waals surface area (Å²) in [5.74, 6) is -0.135. The van der Waals surface area contributed by atoms with Gasteiger partial charge in [-0.25, -0.2) is 13.1 Å². The number of hydrogen-bond acceptors (Lipinski definition) is 5. The molecule has 3 aromatic rings. The molecule has 0 radical (unpaired) electrons. The van der Waals surface area contributed by atoms with Crippen molar-refractivity contribution in [1.82, 2.24) is 15.0 Å². The highest BCUT2D eigenvalue weighted by Crippen LogP contribution is 2.27. The van der Waals surface area contributed by atoms with Gasteiger partial charge in [0.15, 0.2) is 6.61 Å². The fourth-order valence-electron chi connectivity index (χ4n) is 2.51. The number of carbonyl (C=O) groups excluding carboxylic acids is 1. The molecule has 1 heterocycles. The smallest absolute Gasteiger partial charge is 0.258 e. The summed E-state index contributed by atoms with van der Waals surface area (Å²) in [5, 5.41) is 2.77. The Hall–Kier alpha value is -2.94. The largest absolute Gasteiger partial charge is 0.482 e. The lowest BCUT2D eigenvalue weighted by atomic mass is 10.2. The van der Waals surface area contributed by atoms with E-state index in [1.807, 2.05) is 36.4 Å². The van der Waals surface area contributed by atoms with E-state index in [0.717, 1.165) is 11.3 Å². The van der Waals surface area contributed by atoms with Gasteiger partial charge in [0.2, 0.25) is 10.0 Å². The monoisotopic (exact) mass is 445 g/mol. The maximum Gasteiger partial charge on any atom is 0.258 e. The van der Waals surface area contributed by atoms with Gasteiger partial charge in [0.05, 0.1) is 22.2 Å². The third-order valence-electron chi connectivity index (χ3n) is 4.07. The van der Waals surface area contributed by atoms with E-state index in [9.17, 15) is 13.2 Å². The van der Waals surface area contributed by atoms with E-state index >= 15 is 0 Å². The van der Waals surface area contributed by atoms with Crippen LogP contribution in [-0.2, 0) is 27.9 Å². The summed E-state index contributed by atoms with van der Waals surface area (Å²) in [4.78, 5) is 16.1. The zero-order chi connectivity index (χ0) is 21.4. The Morgan fingerprint density at radius 2 is 1.77 bits per heavy atom. The Kier molecular flexibility index (Phi) is 7.40. The van der Waals surface area contributed by atoms with Crippen LogP contribution in [0.3, 0.4) is 0 Å². The van der Waals surface area contributed by atoms with E-state index in [0.29, 0.717) is 0 Å². The molecule has 9 heteroatoms. The maximum atomic E-state index is 12.5. The highest BCUT2D eigenvalue weighted by atomic mass is 35.5. The number of pyridine rings is 1. The van der Waals surface area contributed by atoms with Gasteiger partial charge in [-0.1, -0.05) is 48.0 Å². The van der Waals surface area contributed by atoms with Crippen molar-refractivity contribution in [3.8, 4) is 5.75 Å². The molecule has 0 saturated heterocycles. The number of nitrogens with zero attached hydrogens (tertiary/aromatic N) is 1. The minimum Gasteiger partial charge on any atom is -0.482 e. The van der Waals surface area contributed by atoms with Crippen molar-refractivity contribution in [3.63, 3.8) is 0 Å². The Morgan fingerprint density at radius 1 is 1.00 bits per heavy atom. The van der Waals surface area contributed by atoms with Gasteiger partial charge in [-0.3, -0.25) is 9.78 Å². The maximum absolute atomic E-state index is 12.5. The van der Waals surface area contributed by atoms with Crippen molar-refractivity contribution in [2.75, 3.05) is 6.61 Å². The Morgan fingerprint density at radius 3 is 2.47 bits per heavy atom. The molecule has 30 heavy (non-hydrogen) atoms. The third-order valence-corrected chi connectivity index (χ3v) is 5.77. The highest BCUT2D eigenvalue weighted by molar-refractivity contribution is 7.89. The van der Waals surface area contributed by atoms with Crippen LogP contribution >= 0.6 is 11.6 Å². The number of sulfonamides is 1. The van der Waals surface area contributed by atoms with Crippen LogP contribution in [0.2, 0.25) is 5.02 Å². The van der Waals surface area contributed by atoms with Gasteiger partial charge in [-0.05, 0) is 35.9 Å². The normalized spacial score (nSPS) is 11.1. The molecule has 1 aromatic heterocycles. The van der Waals surface area contributed by atoms with Gasteiger partial charge in [0.1, 0.15) is 5.75 Å². The summed E-state index contributed by atoms with van der Waals surface area (Å²) in [6.07, 6.45) is 1.64. The van der Waals surface area contributed by atoms with Crippen LogP contribution in [0, 0.1) is 0 Å². The summed E-state index contributed by atoms with van der Waals surface area (Å²) in [7, 11) is -3.74. The number of hydrogen-bond donors (Lipinski definition) is 2. The van der Waals surface area contributed by atoms with Gasteiger partial charge in [-0.2, -0.15) is 0 Å². The summed E-state index contributed by atoms with van der Waals surface area (Å²) < 4.78 is 32.9. The SMILES string of the molecule is O=C(COc1ccc(S(=O)(=O)NCc2ccccc2)cc1Cl)NCc1ccccn1. The second kappa shape index (κ2) is 10.2. The van der Waals surface area contributed by atoms with Crippen molar-refractivity contribution >= 4 is 27.5 Å². The predicted molar refractivity (Wildman–Crippen MR) is 113 cm³/mol. The van der Waals surface area contributed by atoms with Crippen LogP contribution in [0.25, 0.3) is 0 Å². The molecule has 2 N–H and O–H groups in total. The fraction of sp³-hybridized carbons (Fsp3) is 0.143. The van der Waals surface area contributed by atoms with Crippen LogP contribution < -0.4 is 14.8 Å². The van der Waals surface area contributed by atoms with E-state index in [4.69, 9.17) is 16.3 Å². The molecule has 0 bridgehead atoms. The van der Waals surface area contributed by atoms with Gasteiger partial charge in [0.25, 0.3) is 5.91 Å². The molecule has 3 rings (SSSR count). The van der Waals surface area contributed by atoms with Gasteiger partial charge >= 0.3 is 0 Å². The number of benzene rings is 2. The predicted octanol–water partition coefficient (Wildman–Crippen LogP) is 2.91. The highest BCUT2D eigenvalue weighted by Gasteiger charge is 2.16. The lowest BCUT2D eigenvalue weighted by molar-refractivity contribution is -0.123. The minimum absolute atomic E-state index is 0.00962. The number of carbonyl (C=O) groups is 1. The molecule has 0 unspecified atom stereocenters. The molecule has 7 nitrogen and oxygen atoms in total. The first kappa shape index (κ1) is 21.8. The number of amides is 1. The van der Waals surface area contributed by atoms with Crippen molar-refractivity contribution in [3.05, 3.63) is 89.2 Å². The van der Waals surface area contributed by atoms with E-state index in [1.165, 1.54) is 18.2 Å². The first-order chi connectivity index (χ1) is 14.4. The van der Waals surface area contributed by atoms with E-state index in [2.05, 4.69) is 15.0 Å². The van der Waals surface area contributed by atoms with E-state index < -0.39 is 10.0 Å². The molecular formula is C21H20ClN3O4S. The number of rotatable bonds is 9. The van der Waals surface area contributed by atoms with Crippen molar-refractivity contribution in [2.24, 2.45) is 0 Å². The average molecular weight is 446 g/mol. The molecule has 0 aliphatic carbocycles. The molecule has 2 aromatic carbocycles. The van der Waals surface area contributed by atoms with Crippen LogP contribution in [-0.4, -0.2) is 25.9 Å². The lowest BCUT2D eigenvalue weighted by Gasteiger charge is -2.11. The van der Waals surface area contributed by atoms with Gasteiger partial charge in [-0.15, -0.1) is 0 Å². The zero-order valence-corrected chi connectivity index (χ0v) is 17.5. The zero-order valence-electron chi connectivity index (χ0n) is 15.9. The van der Waals surface area contributed by atoms with Gasteiger partial charge in [0, 0.05) is 12.7 Å². The Labute approximate surface area is 180 Å². The third kappa shape index (κ3) is 6.28.